The van der Waals surface area contributed by atoms with Crippen molar-refractivity contribution in [1.82, 2.24) is 5.32 Å². The van der Waals surface area contributed by atoms with E-state index >= 15 is 0 Å². The fraction of sp³-hybridized carbons (Fsp3) is 0.417. The van der Waals surface area contributed by atoms with Crippen molar-refractivity contribution < 1.29 is 0 Å². The van der Waals surface area contributed by atoms with Gasteiger partial charge < -0.3 is 5.32 Å². The van der Waals surface area contributed by atoms with Gasteiger partial charge in [0.1, 0.15) is 0 Å². The SMILES string of the molecule is N#CC1CCNCC1c1ccc(Cl)cc1. The van der Waals surface area contributed by atoms with Crippen LogP contribution in [0, 0.1) is 17.2 Å². The Bertz CT molecular complexity index is 366. The maximum Gasteiger partial charge on any atom is 0.0663 e. The number of halogens is 1. The third-order valence-electron chi connectivity index (χ3n) is 2.95. The van der Waals surface area contributed by atoms with Crippen molar-refractivity contribution in [1.29, 1.82) is 5.26 Å². The summed E-state index contributed by atoms with van der Waals surface area (Å²) < 4.78 is 0. The average Bonchev–Trinajstić information content (AvgIpc) is 2.30. The molecule has 1 heterocycles. The standard InChI is InChI=1S/C12H13ClN2/c13-11-3-1-9(2-4-11)12-8-15-6-5-10(12)7-14/h1-4,10,12,15H,5-6,8H2. The number of hydrogen-bond acceptors (Lipinski definition) is 2. The van der Waals surface area contributed by atoms with Gasteiger partial charge in [-0.1, -0.05) is 23.7 Å². The molecule has 2 rings (SSSR count). The van der Waals surface area contributed by atoms with Crippen LogP contribution in [0.5, 0.6) is 0 Å². The molecule has 1 N–H and O–H groups in total. The molecule has 0 amide bonds. The molecule has 0 aromatic heterocycles. The molecule has 15 heavy (non-hydrogen) atoms. The van der Waals surface area contributed by atoms with Gasteiger partial charge in [0.05, 0.1) is 12.0 Å². The Balaban J connectivity index is 2.21. The molecule has 2 nitrogen and oxygen atoms in total. The normalized spacial score (nSPS) is 25.9. The molecule has 0 aliphatic carbocycles. The van der Waals surface area contributed by atoms with Crippen molar-refractivity contribution in [3.63, 3.8) is 0 Å². The van der Waals surface area contributed by atoms with Gasteiger partial charge >= 0.3 is 0 Å². The molecule has 3 heteroatoms. The number of nitrogens with zero attached hydrogens (tertiary/aromatic N) is 1. The smallest absolute Gasteiger partial charge is 0.0663 e. The second kappa shape index (κ2) is 4.65. The molecule has 1 saturated heterocycles. The van der Waals surface area contributed by atoms with Gasteiger partial charge in [0.25, 0.3) is 0 Å². The maximum atomic E-state index is 9.07. The van der Waals surface area contributed by atoms with Crippen LogP contribution >= 0.6 is 11.6 Å². The lowest BCUT2D eigenvalue weighted by Gasteiger charge is -2.27. The van der Waals surface area contributed by atoms with Crippen LogP contribution < -0.4 is 5.32 Å². The lowest BCUT2D eigenvalue weighted by atomic mass is 9.82. The number of benzene rings is 1. The third-order valence-corrected chi connectivity index (χ3v) is 3.20. The largest absolute Gasteiger partial charge is 0.316 e. The minimum Gasteiger partial charge on any atom is -0.316 e. The highest BCUT2D eigenvalue weighted by Crippen LogP contribution is 2.29. The van der Waals surface area contributed by atoms with Crippen LogP contribution in [0.3, 0.4) is 0 Å². The van der Waals surface area contributed by atoms with Crippen LogP contribution in [0.15, 0.2) is 24.3 Å². The summed E-state index contributed by atoms with van der Waals surface area (Å²) in [7, 11) is 0. The highest BCUT2D eigenvalue weighted by Gasteiger charge is 2.25. The summed E-state index contributed by atoms with van der Waals surface area (Å²) in [6, 6.07) is 10.2. The number of nitriles is 1. The Labute approximate surface area is 94.9 Å². The first-order chi connectivity index (χ1) is 7.31. The first-order valence-corrected chi connectivity index (χ1v) is 5.55. The van der Waals surface area contributed by atoms with E-state index in [9.17, 15) is 0 Å². The molecular weight excluding hydrogens is 208 g/mol. The minimum atomic E-state index is 0.132. The molecule has 1 aromatic rings. The predicted octanol–water partition coefficient (Wildman–Crippen LogP) is 2.56. The van der Waals surface area contributed by atoms with Crippen LogP contribution in [0.4, 0.5) is 0 Å². The van der Waals surface area contributed by atoms with E-state index in [0.717, 1.165) is 24.5 Å². The topological polar surface area (TPSA) is 35.8 Å². The maximum absolute atomic E-state index is 9.07. The Morgan fingerprint density at radius 3 is 2.73 bits per heavy atom. The zero-order valence-electron chi connectivity index (χ0n) is 8.41. The van der Waals surface area contributed by atoms with Gasteiger partial charge in [-0.3, -0.25) is 0 Å². The molecular formula is C12H13ClN2. The Kier molecular flexibility index (Phi) is 3.25. The fourth-order valence-corrected chi connectivity index (χ4v) is 2.20. The molecule has 2 atom stereocenters. The van der Waals surface area contributed by atoms with Gasteiger partial charge in [0.2, 0.25) is 0 Å². The van der Waals surface area contributed by atoms with Crippen LogP contribution in [-0.4, -0.2) is 13.1 Å². The number of nitrogens with one attached hydrogen (secondary N) is 1. The monoisotopic (exact) mass is 220 g/mol. The Morgan fingerprint density at radius 2 is 2.07 bits per heavy atom. The summed E-state index contributed by atoms with van der Waals surface area (Å²) in [6.45, 7) is 1.84. The molecule has 1 aliphatic rings. The van der Waals surface area contributed by atoms with Gasteiger partial charge in [-0.05, 0) is 30.7 Å². The average molecular weight is 221 g/mol. The number of rotatable bonds is 1. The summed E-state index contributed by atoms with van der Waals surface area (Å²) in [5, 5.41) is 13.1. The van der Waals surface area contributed by atoms with Crippen molar-refractivity contribution in [3.05, 3.63) is 34.9 Å². The van der Waals surface area contributed by atoms with Crippen molar-refractivity contribution in [2.75, 3.05) is 13.1 Å². The van der Waals surface area contributed by atoms with Gasteiger partial charge in [-0.15, -0.1) is 0 Å². The van der Waals surface area contributed by atoms with Crippen molar-refractivity contribution in [2.45, 2.75) is 12.3 Å². The van der Waals surface area contributed by atoms with Gasteiger partial charge in [-0.2, -0.15) is 5.26 Å². The van der Waals surface area contributed by atoms with Gasteiger partial charge in [-0.25, -0.2) is 0 Å². The summed E-state index contributed by atoms with van der Waals surface area (Å²) in [5.74, 6) is 0.438. The fourth-order valence-electron chi connectivity index (χ4n) is 2.07. The van der Waals surface area contributed by atoms with Gasteiger partial charge in [0, 0.05) is 17.5 Å². The summed E-state index contributed by atoms with van der Waals surface area (Å²) in [4.78, 5) is 0. The molecule has 78 valence electrons. The molecule has 1 aliphatic heterocycles. The molecule has 1 fully saturated rings. The Morgan fingerprint density at radius 1 is 1.33 bits per heavy atom. The zero-order valence-corrected chi connectivity index (χ0v) is 9.17. The van der Waals surface area contributed by atoms with E-state index < -0.39 is 0 Å². The Hall–Kier alpha value is -1.04. The van der Waals surface area contributed by atoms with E-state index in [1.807, 2.05) is 24.3 Å². The molecule has 0 bridgehead atoms. The molecule has 0 radical (unpaired) electrons. The minimum absolute atomic E-state index is 0.132. The zero-order chi connectivity index (χ0) is 10.7. The van der Waals surface area contributed by atoms with Crippen LogP contribution in [0.1, 0.15) is 17.9 Å². The molecule has 2 unspecified atom stereocenters. The van der Waals surface area contributed by atoms with Crippen molar-refractivity contribution in [2.24, 2.45) is 5.92 Å². The van der Waals surface area contributed by atoms with Crippen molar-refractivity contribution in [3.8, 4) is 6.07 Å². The lowest BCUT2D eigenvalue weighted by molar-refractivity contribution is 0.387. The van der Waals surface area contributed by atoms with E-state index in [4.69, 9.17) is 16.9 Å². The van der Waals surface area contributed by atoms with Crippen LogP contribution in [0.25, 0.3) is 0 Å². The quantitative estimate of drug-likeness (QED) is 0.790. The highest BCUT2D eigenvalue weighted by molar-refractivity contribution is 6.30. The van der Waals surface area contributed by atoms with Crippen LogP contribution in [0.2, 0.25) is 5.02 Å². The lowest BCUT2D eigenvalue weighted by Crippen LogP contribution is -2.34. The summed E-state index contributed by atoms with van der Waals surface area (Å²) in [6.07, 6.45) is 0.934. The molecule has 0 spiro atoms. The number of piperidine rings is 1. The van der Waals surface area contributed by atoms with E-state index in [2.05, 4.69) is 11.4 Å². The van der Waals surface area contributed by atoms with E-state index in [-0.39, 0.29) is 5.92 Å². The first kappa shape index (κ1) is 10.5. The molecule has 1 aromatic carbocycles. The molecule has 0 saturated carbocycles. The highest BCUT2D eigenvalue weighted by atomic mass is 35.5. The van der Waals surface area contributed by atoms with E-state index in [1.165, 1.54) is 5.56 Å². The van der Waals surface area contributed by atoms with Crippen LogP contribution in [-0.2, 0) is 0 Å². The van der Waals surface area contributed by atoms with E-state index in [0.29, 0.717) is 5.92 Å². The van der Waals surface area contributed by atoms with Crippen molar-refractivity contribution >= 4 is 11.6 Å². The second-order valence-corrected chi connectivity index (χ2v) is 4.32. The second-order valence-electron chi connectivity index (χ2n) is 3.89. The summed E-state index contributed by atoms with van der Waals surface area (Å²) in [5.41, 5.74) is 1.21. The predicted molar refractivity (Wildman–Crippen MR) is 60.8 cm³/mol. The number of hydrogen-bond donors (Lipinski definition) is 1. The summed E-state index contributed by atoms with van der Waals surface area (Å²) >= 11 is 5.84. The first-order valence-electron chi connectivity index (χ1n) is 5.17. The third kappa shape index (κ3) is 2.31. The van der Waals surface area contributed by atoms with Gasteiger partial charge in [0.15, 0.2) is 0 Å². The van der Waals surface area contributed by atoms with E-state index in [1.54, 1.807) is 0 Å².